The molecule has 0 bridgehead atoms. The highest BCUT2D eigenvalue weighted by atomic mass is 79.9. The summed E-state index contributed by atoms with van der Waals surface area (Å²) in [5, 5.41) is 10.5. The van der Waals surface area contributed by atoms with Crippen LogP contribution in [0, 0.1) is 5.92 Å². The van der Waals surface area contributed by atoms with Crippen molar-refractivity contribution in [1.82, 2.24) is 0 Å². The lowest BCUT2D eigenvalue weighted by molar-refractivity contribution is 0.0305. The number of rotatable bonds is 5. The third-order valence-corrected chi connectivity index (χ3v) is 3.67. The standard InChI is InChI=1S/C14H21BrO/c1-4-7-11(2)10-14(3,16)12-8-5-6-9-13(12)15/h5-6,8-9,11,16H,4,7,10H2,1-3H3. The first-order valence-electron chi connectivity index (χ1n) is 5.94. The van der Waals surface area contributed by atoms with Crippen LogP contribution < -0.4 is 0 Å². The summed E-state index contributed by atoms with van der Waals surface area (Å²) < 4.78 is 0.990. The molecule has 2 heteroatoms. The molecule has 0 aliphatic carbocycles. The Kier molecular flexibility index (Phi) is 5.00. The Morgan fingerprint density at radius 2 is 2.00 bits per heavy atom. The highest BCUT2D eigenvalue weighted by Gasteiger charge is 2.27. The van der Waals surface area contributed by atoms with Crippen molar-refractivity contribution in [3.63, 3.8) is 0 Å². The van der Waals surface area contributed by atoms with Crippen LogP contribution in [0.4, 0.5) is 0 Å². The number of hydrogen-bond donors (Lipinski definition) is 1. The summed E-state index contributed by atoms with van der Waals surface area (Å²) in [7, 11) is 0. The van der Waals surface area contributed by atoms with Crippen molar-refractivity contribution in [2.75, 3.05) is 0 Å². The van der Waals surface area contributed by atoms with Crippen molar-refractivity contribution in [3.8, 4) is 0 Å². The fourth-order valence-electron chi connectivity index (χ4n) is 2.28. The maximum Gasteiger partial charge on any atom is 0.0881 e. The van der Waals surface area contributed by atoms with Crippen LogP contribution in [-0.4, -0.2) is 5.11 Å². The van der Waals surface area contributed by atoms with E-state index in [1.165, 1.54) is 12.8 Å². The Morgan fingerprint density at radius 3 is 2.56 bits per heavy atom. The predicted octanol–water partition coefficient (Wildman–Crippen LogP) is 4.48. The zero-order valence-electron chi connectivity index (χ0n) is 10.3. The first-order chi connectivity index (χ1) is 7.47. The fraction of sp³-hybridized carbons (Fsp3) is 0.571. The number of aliphatic hydroxyl groups is 1. The number of hydrogen-bond acceptors (Lipinski definition) is 1. The highest BCUT2D eigenvalue weighted by Crippen LogP contribution is 2.34. The third-order valence-electron chi connectivity index (χ3n) is 2.98. The first-order valence-corrected chi connectivity index (χ1v) is 6.74. The zero-order chi connectivity index (χ0) is 12.2. The topological polar surface area (TPSA) is 20.2 Å². The van der Waals surface area contributed by atoms with Gasteiger partial charge in [0.05, 0.1) is 5.60 Å². The summed E-state index contributed by atoms with van der Waals surface area (Å²) >= 11 is 3.50. The Balaban J connectivity index is 2.81. The molecule has 2 unspecified atom stereocenters. The van der Waals surface area contributed by atoms with Crippen LogP contribution in [0.1, 0.15) is 45.6 Å². The number of halogens is 1. The van der Waals surface area contributed by atoms with Gasteiger partial charge >= 0.3 is 0 Å². The van der Waals surface area contributed by atoms with Crippen molar-refractivity contribution < 1.29 is 5.11 Å². The highest BCUT2D eigenvalue weighted by molar-refractivity contribution is 9.10. The van der Waals surface area contributed by atoms with Crippen molar-refractivity contribution in [1.29, 1.82) is 0 Å². The largest absolute Gasteiger partial charge is 0.385 e. The lowest BCUT2D eigenvalue weighted by Crippen LogP contribution is -2.24. The SMILES string of the molecule is CCCC(C)CC(C)(O)c1ccccc1Br. The molecule has 2 atom stereocenters. The van der Waals surface area contributed by atoms with E-state index in [0.29, 0.717) is 5.92 Å². The van der Waals surface area contributed by atoms with Gasteiger partial charge in [0.1, 0.15) is 0 Å². The van der Waals surface area contributed by atoms with Gasteiger partial charge in [0, 0.05) is 4.47 Å². The van der Waals surface area contributed by atoms with Gasteiger partial charge in [-0.1, -0.05) is 60.8 Å². The van der Waals surface area contributed by atoms with E-state index in [1.807, 2.05) is 31.2 Å². The minimum absolute atomic E-state index is 0.548. The van der Waals surface area contributed by atoms with Crippen molar-refractivity contribution in [2.45, 2.75) is 45.6 Å². The molecule has 1 aromatic carbocycles. The average Bonchev–Trinajstić information content (AvgIpc) is 2.17. The summed E-state index contributed by atoms with van der Waals surface area (Å²) in [5.74, 6) is 0.548. The van der Waals surface area contributed by atoms with E-state index < -0.39 is 5.60 Å². The minimum Gasteiger partial charge on any atom is -0.385 e. The van der Waals surface area contributed by atoms with E-state index in [1.54, 1.807) is 0 Å². The molecule has 0 amide bonds. The maximum atomic E-state index is 10.5. The van der Waals surface area contributed by atoms with Crippen LogP contribution in [0.2, 0.25) is 0 Å². The molecule has 0 aliphatic rings. The van der Waals surface area contributed by atoms with Crippen molar-refractivity contribution in [3.05, 3.63) is 34.3 Å². The molecular weight excluding hydrogens is 264 g/mol. The van der Waals surface area contributed by atoms with Gasteiger partial charge in [-0.05, 0) is 30.9 Å². The monoisotopic (exact) mass is 284 g/mol. The van der Waals surface area contributed by atoms with Crippen LogP contribution in [-0.2, 0) is 5.60 Å². The Bertz CT molecular complexity index is 333. The Labute approximate surface area is 107 Å². The van der Waals surface area contributed by atoms with E-state index in [0.717, 1.165) is 16.5 Å². The van der Waals surface area contributed by atoms with Crippen LogP contribution in [0.3, 0.4) is 0 Å². The molecule has 0 saturated heterocycles. The molecule has 16 heavy (non-hydrogen) atoms. The molecule has 0 spiro atoms. The summed E-state index contributed by atoms with van der Waals surface area (Å²) in [6.07, 6.45) is 3.15. The normalized spacial score (nSPS) is 16.8. The second-order valence-electron chi connectivity index (χ2n) is 4.85. The Hall–Kier alpha value is -0.340. The van der Waals surface area contributed by atoms with Crippen LogP contribution in [0.25, 0.3) is 0 Å². The lowest BCUT2D eigenvalue weighted by atomic mass is 9.85. The molecule has 0 saturated carbocycles. The van der Waals surface area contributed by atoms with Gasteiger partial charge in [0.15, 0.2) is 0 Å². The molecule has 1 rings (SSSR count). The molecule has 0 fully saturated rings. The quantitative estimate of drug-likeness (QED) is 0.845. The molecule has 1 nitrogen and oxygen atoms in total. The van der Waals surface area contributed by atoms with Gasteiger partial charge in [-0.15, -0.1) is 0 Å². The second-order valence-corrected chi connectivity index (χ2v) is 5.71. The van der Waals surface area contributed by atoms with Gasteiger partial charge in [0.2, 0.25) is 0 Å². The van der Waals surface area contributed by atoms with E-state index >= 15 is 0 Å². The molecule has 0 aliphatic heterocycles. The van der Waals surface area contributed by atoms with E-state index in [-0.39, 0.29) is 0 Å². The average molecular weight is 285 g/mol. The number of benzene rings is 1. The summed E-state index contributed by atoms with van der Waals surface area (Å²) in [4.78, 5) is 0. The molecule has 0 radical (unpaired) electrons. The summed E-state index contributed by atoms with van der Waals surface area (Å²) in [6, 6.07) is 7.91. The predicted molar refractivity (Wildman–Crippen MR) is 72.4 cm³/mol. The third kappa shape index (κ3) is 3.60. The molecule has 90 valence electrons. The van der Waals surface area contributed by atoms with Crippen molar-refractivity contribution >= 4 is 15.9 Å². The second kappa shape index (κ2) is 5.83. The molecule has 0 aromatic heterocycles. The smallest absolute Gasteiger partial charge is 0.0881 e. The molecular formula is C14H21BrO. The van der Waals surface area contributed by atoms with Crippen LogP contribution in [0.5, 0.6) is 0 Å². The maximum absolute atomic E-state index is 10.5. The Morgan fingerprint density at radius 1 is 1.38 bits per heavy atom. The van der Waals surface area contributed by atoms with E-state index in [9.17, 15) is 5.11 Å². The van der Waals surface area contributed by atoms with Crippen molar-refractivity contribution in [2.24, 2.45) is 5.92 Å². The van der Waals surface area contributed by atoms with Gasteiger partial charge < -0.3 is 5.11 Å². The van der Waals surface area contributed by atoms with Gasteiger partial charge in [-0.2, -0.15) is 0 Å². The van der Waals surface area contributed by atoms with E-state index in [4.69, 9.17) is 0 Å². The van der Waals surface area contributed by atoms with Gasteiger partial charge in [-0.25, -0.2) is 0 Å². The first kappa shape index (κ1) is 13.7. The van der Waals surface area contributed by atoms with E-state index in [2.05, 4.69) is 29.8 Å². The van der Waals surface area contributed by atoms with Gasteiger partial charge in [-0.3, -0.25) is 0 Å². The summed E-state index contributed by atoms with van der Waals surface area (Å²) in [6.45, 7) is 6.29. The van der Waals surface area contributed by atoms with Crippen LogP contribution in [0.15, 0.2) is 28.7 Å². The minimum atomic E-state index is -0.741. The molecule has 0 heterocycles. The van der Waals surface area contributed by atoms with Gasteiger partial charge in [0.25, 0.3) is 0 Å². The summed E-state index contributed by atoms with van der Waals surface area (Å²) in [5.41, 5.74) is 0.243. The zero-order valence-corrected chi connectivity index (χ0v) is 11.9. The molecule has 1 aromatic rings. The van der Waals surface area contributed by atoms with Crippen LogP contribution >= 0.6 is 15.9 Å². The fourth-order valence-corrected chi connectivity index (χ4v) is 2.99. The molecule has 1 N–H and O–H groups in total. The lowest BCUT2D eigenvalue weighted by Gasteiger charge is -2.28.